The summed E-state index contributed by atoms with van der Waals surface area (Å²) in [5.74, 6) is 0.629. The summed E-state index contributed by atoms with van der Waals surface area (Å²) in [6.45, 7) is 1.78. The van der Waals surface area contributed by atoms with E-state index in [1.54, 1.807) is 13.0 Å². The number of para-hydroxylation sites is 1. The van der Waals surface area contributed by atoms with Crippen LogP contribution < -0.4 is 14.2 Å². The predicted octanol–water partition coefficient (Wildman–Crippen LogP) is 2.70. The van der Waals surface area contributed by atoms with E-state index in [9.17, 15) is 8.42 Å². The molecule has 3 rings (SSSR count). The molecule has 7 nitrogen and oxygen atoms in total. The van der Waals surface area contributed by atoms with E-state index < -0.39 is 10.0 Å². The Morgan fingerprint density at radius 1 is 1.16 bits per heavy atom. The number of fused-ring (bicyclic) bond motifs is 1. The molecule has 0 amide bonds. The first-order valence-electron chi connectivity index (χ1n) is 7.54. The Balaban J connectivity index is 2.08. The number of nitrogens with one attached hydrogen (secondary N) is 1. The zero-order chi connectivity index (χ0) is 18.2. The summed E-state index contributed by atoms with van der Waals surface area (Å²) in [4.78, 5) is 4.31. The molecule has 0 aliphatic rings. The number of benzene rings is 1. The Morgan fingerprint density at radius 2 is 1.88 bits per heavy atom. The van der Waals surface area contributed by atoms with Crippen LogP contribution in [0.25, 0.3) is 10.9 Å². The molecule has 0 spiro atoms. The number of methoxy groups -OCH3 is 2. The topological polar surface area (TPSA) is 82.5 Å². The van der Waals surface area contributed by atoms with Crippen molar-refractivity contribution in [3.8, 4) is 11.6 Å². The monoisotopic (exact) mass is 361 g/mol. The quantitative estimate of drug-likeness (QED) is 0.755. The molecule has 1 N–H and O–H groups in total. The van der Waals surface area contributed by atoms with Gasteiger partial charge in [-0.3, -0.25) is 4.72 Å². The highest BCUT2D eigenvalue weighted by Gasteiger charge is 2.24. The van der Waals surface area contributed by atoms with Crippen LogP contribution in [0.4, 0.5) is 5.69 Å². The van der Waals surface area contributed by atoms with Gasteiger partial charge in [-0.25, -0.2) is 13.4 Å². The lowest BCUT2D eigenvalue weighted by Gasteiger charge is -2.11. The van der Waals surface area contributed by atoms with Crippen LogP contribution >= 0.6 is 0 Å². The Morgan fingerprint density at radius 3 is 2.56 bits per heavy atom. The molecule has 2 heterocycles. The smallest absolute Gasteiger partial charge is 0.264 e. The number of ether oxygens (including phenoxy) is 2. The van der Waals surface area contributed by atoms with Crippen molar-refractivity contribution in [2.75, 3.05) is 18.9 Å². The van der Waals surface area contributed by atoms with E-state index >= 15 is 0 Å². The largest absolute Gasteiger partial charge is 0.491 e. The third-order valence-corrected chi connectivity index (χ3v) is 5.65. The summed E-state index contributed by atoms with van der Waals surface area (Å²) in [6.07, 6.45) is 1.39. The van der Waals surface area contributed by atoms with E-state index in [1.165, 1.54) is 26.5 Å². The van der Waals surface area contributed by atoms with Gasteiger partial charge in [0.25, 0.3) is 15.9 Å². The fourth-order valence-electron chi connectivity index (χ4n) is 2.82. The first-order chi connectivity index (χ1) is 11.9. The van der Waals surface area contributed by atoms with Crippen LogP contribution in [0.15, 0.2) is 41.4 Å². The van der Waals surface area contributed by atoms with Crippen LogP contribution in [0.1, 0.15) is 5.69 Å². The van der Waals surface area contributed by atoms with Gasteiger partial charge in [-0.2, -0.15) is 0 Å². The van der Waals surface area contributed by atoms with Crippen molar-refractivity contribution >= 4 is 26.6 Å². The molecule has 8 heteroatoms. The van der Waals surface area contributed by atoms with Crippen LogP contribution in [-0.4, -0.2) is 32.2 Å². The first kappa shape index (κ1) is 17.1. The highest BCUT2D eigenvalue weighted by molar-refractivity contribution is 7.93. The van der Waals surface area contributed by atoms with Crippen molar-refractivity contribution in [3.63, 3.8) is 0 Å². The molecule has 2 aromatic heterocycles. The van der Waals surface area contributed by atoms with Gasteiger partial charge in [0.1, 0.15) is 4.90 Å². The fourth-order valence-corrected chi connectivity index (χ4v) is 4.33. The van der Waals surface area contributed by atoms with E-state index in [2.05, 4.69) is 9.71 Å². The maximum Gasteiger partial charge on any atom is 0.264 e. The number of rotatable bonds is 5. The molecule has 0 radical (unpaired) electrons. The van der Waals surface area contributed by atoms with Crippen molar-refractivity contribution in [1.82, 2.24) is 9.55 Å². The summed E-state index contributed by atoms with van der Waals surface area (Å²) in [5, 5.41) is 0.670. The average Bonchev–Trinajstić information content (AvgIpc) is 2.86. The molecule has 0 atom stereocenters. The van der Waals surface area contributed by atoms with Gasteiger partial charge in [0.05, 0.1) is 26.1 Å². The molecule has 0 saturated heterocycles. The van der Waals surface area contributed by atoms with Gasteiger partial charge in [-0.05, 0) is 13.0 Å². The van der Waals surface area contributed by atoms with E-state index in [0.717, 1.165) is 5.52 Å². The van der Waals surface area contributed by atoms with Gasteiger partial charge in [0, 0.05) is 29.7 Å². The zero-order valence-corrected chi connectivity index (χ0v) is 15.2. The number of nitrogens with zero attached hydrogens (tertiary/aromatic N) is 2. The predicted molar refractivity (Wildman–Crippen MR) is 95.8 cm³/mol. The highest BCUT2D eigenvalue weighted by Crippen LogP contribution is 2.32. The van der Waals surface area contributed by atoms with Gasteiger partial charge in [-0.15, -0.1) is 0 Å². The lowest BCUT2D eigenvalue weighted by Crippen LogP contribution is -2.14. The molecule has 0 unspecified atom stereocenters. The molecular formula is C17H19N3O4S. The lowest BCUT2D eigenvalue weighted by atomic mass is 10.2. The zero-order valence-electron chi connectivity index (χ0n) is 14.4. The number of hydrogen-bond acceptors (Lipinski definition) is 5. The Labute approximate surface area is 146 Å². The van der Waals surface area contributed by atoms with Crippen LogP contribution in [0.3, 0.4) is 0 Å². The van der Waals surface area contributed by atoms with Gasteiger partial charge >= 0.3 is 0 Å². The van der Waals surface area contributed by atoms with E-state index in [0.29, 0.717) is 22.5 Å². The highest BCUT2D eigenvalue weighted by atomic mass is 32.2. The Bertz CT molecular complexity index is 1040. The number of anilines is 1. The summed E-state index contributed by atoms with van der Waals surface area (Å²) < 4.78 is 40.6. The summed E-state index contributed by atoms with van der Waals surface area (Å²) in [5.41, 5.74) is 1.80. The molecule has 0 aliphatic heterocycles. The van der Waals surface area contributed by atoms with Crippen molar-refractivity contribution in [3.05, 3.63) is 42.2 Å². The Hall–Kier alpha value is -2.74. The van der Waals surface area contributed by atoms with Crippen molar-refractivity contribution in [1.29, 1.82) is 0 Å². The second-order valence-corrected chi connectivity index (χ2v) is 7.15. The minimum absolute atomic E-state index is 0.250. The lowest BCUT2D eigenvalue weighted by molar-refractivity contribution is 0.343. The normalized spacial score (nSPS) is 11.5. The molecule has 0 fully saturated rings. The fraction of sp³-hybridized carbons (Fsp3) is 0.235. The number of sulfonamides is 1. The average molecular weight is 361 g/mol. The molecule has 3 aromatic rings. The van der Waals surface area contributed by atoms with Gasteiger partial charge < -0.3 is 14.0 Å². The third-order valence-electron chi connectivity index (χ3n) is 4.09. The van der Waals surface area contributed by atoms with Gasteiger partial charge in [0.2, 0.25) is 0 Å². The van der Waals surface area contributed by atoms with Crippen LogP contribution in [-0.2, 0) is 17.1 Å². The molecule has 0 aliphatic carbocycles. The van der Waals surface area contributed by atoms with Crippen molar-refractivity contribution in [2.24, 2.45) is 7.05 Å². The molecule has 25 heavy (non-hydrogen) atoms. The number of aromatic nitrogens is 2. The molecule has 0 bridgehead atoms. The van der Waals surface area contributed by atoms with Crippen molar-refractivity contribution in [2.45, 2.75) is 11.8 Å². The number of hydrogen-bond donors (Lipinski definition) is 1. The van der Waals surface area contributed by atoms with Crippen LogP contribution in [0.2, 0.25) is 0 Å². The van der Waals surface area contributed by atoms with E-state index in [4.69, 9.17) is 9.47 Å². The van der Waals surface area contributed by atoms with Crippen LogP contribution in [0.5, 0.6) is 11.6 Å². The maximum atomic E-state index is 13.0. The minimum atomic E-state index is -3.80. The molecule has 1 aromatic carbocycles. The minimum Gasteiger partial charge on any atom is -0.491 e. The molecule has 132 valence electrons. The van der Waals surface area contributed by atoms with Gasteiger partial charge in [-0.1, -0.05) is 18.2 Å². The number of aryl methyl sites for hydroxylation is 1. The summed E-state index contributed by atoms with van der Waals surface area (Å²) >= 11 is 0. The summed E-state index contributed by atoms with van der Waals surface area (Å²) in [6, 6.07) is 8.91. The molecular weight excluding hydrogens is 342 g/mol. The number of pyridine rings is 1. The van der Waals surface area contributed by atoms with Gasteiger partial charge in [0.15, 0.2) is 5.75 Å². The SMILES string of the molecule is COc1cc(NS(=O)(=O)c2c(C)n(C)c3ccccc23)cnc1OC. The summed E-state index contributed by atoms with van der Waals surface area (Å²) in [7, 11) is 0.972. The second kappa shape index (κ2) is 6.29. The van der Waals surface area contributed by atoms with Crippen LogP contribution in [0, 0.1) is 6.92 Å². The standard InChI is InChI=1S/C17H19N3O4S/c1-11-16(13-7-5-6-8-14(13)20(11)2)25(21,22)19-12-9-15(23-3)17(24-4)18-10-12/h5-10,19H,1-4H3. The molecule has 0 saturated carbocycles. The van der Waals surface area contributed by atoms with Crippen molar-refractivity contribution < 1.29 is 17.9 Å². The third kappa shape index (κ3) is 2.89. The Kier molecular flexibility index (Phi) is 4.30. The maximum absolute atomic E-state index is 13.0. The van der Waals surface area contributed by atoms with E-state index in [-0.39, 0.29) is 10.8 Å². The second-order valence-electron chi connectivity index (χ2n) is 5.53. The van der Waals surface area contributed by atoms with E-state index in [1.807, 2.05) is 29.8 Å². The first-order valence-corrected chi connectivity index (χ1v) is 9.02.